The van der Waals surface area contributed by atoms with Crippen molar-refractivity contribution < 1.29 is 4.79 Å². The summed E-state index contributed by atoms with van der Waals surface area (Å²) in [6, 6.07) is 0.246. The summed E-state index contributed by atoms with van der Waals surface area (Å²) in [6.45, 7) is 1.11. The monoisotopic (exact) mass is 209 g/mol. The van der Waals surface area contributed by atoms with Crippen LogP contribution in [0.5, 0.6) is 0 Å². The van der Waals surface area contributed by atoms with E-state index >= 15 is 0 Å². The lowest BCUT2D eigenvalue weighted by molar-refractivity contribution is -0.127. The number of rotatable bonds is 2. The zero-order chi connectivity index (χ0) is 10.7. The molecule has 2 aliphatic rings. The lowest BCUT2D eigenvalue weighted by Crippen LogP contribution is -2.40. The van der Waals surface area contributed by atoms with Gasteiger partial charge in [-0.1, -0.05) is 25.7 Å². The number of carbonyl (C=O) groups is 1. The maximum absolute atomic E-state index is 12.3. The average Bonchev–Trinajstić information content (AvgIpc) is 2.68. The van der Waals surface area contributed by atoms with E-state index in [-0.39, 0.29) is 6.04 Å². The summed E-state index contributed by atoms with van der Waals surface area (Å²) in [4.78, 5) is 14.6. The van der Waals surface area contributed by atoms with E-state index in [9.17, 15) is 4.79 Å². The minimum Gasteiger partial charge on any atom is -0.298 e. The molecule has 1 aliphatic carbocycles. The molecule has 0 radical (unpaired) electrons. The molecule has 0 aromatic carbocycles. The second kappa shape index (κ2) is 5.11. The number of ketones is 1. The molecule has 2 heteroatoms. The van der Waals surface area contributed by atoms with Gasteiger partial charge in [0.15, 0.2) is 5.78 Å². The van der Waals surface area contributed by atoms with Gasteiger partial charge >= 0.3 is 0 Å². The van der Waals surface area contributed by atoms with Gasteiger partial charge in [0.2, 0.25) is 0 Å². The summed E-state index contributed by atoms with van der Waals surface area (Å²) in [5, 5.41) is 0. The van der Waals surface area contributed by atoms with Crippen LogP contribution < -0.4 is 0 Å². The van der Waals surface area contributed by atoms with Crippen molar-refractivity contribution >= 4 is 5.78 Å². The van der Waals surface area contributed by atoms with Crippen molar-refractivity contribution in [1.29, 1.82) is 0 Å². The highest BCUT2D eigenvalue weighted by atomic mass is 16.1. The van der Waals surface area contributed by atoms with Gasteiger partial charge in [-0.25, -0.2) is 0 Å². The fraction of sp³-hybridized carbons (Fsp3) is 0.923. The maximum atomic E-state index is 12.3. The largest absolute Gasteiger partial charge is 0.298 e. The van der Waals surface area contributed by atoms with Crippen LogP contribution in [0.15, 0.2) is 0 Å². The maximum Gasteiger partial charge on any atom is 0.153 e. The van der Waals surface area contributed by atoms with E-state index in [1.807, 2.05) is 0 Å². The molecular formula is C13H23NO. The summed E-state index contributed by atoms with van der Waals surface area (Å²) in [7, 11) is 2.13. The van der Waals surface area contributed by atoms with Crippen molar-refractivity contribution in [2.75, 3.05) is 13.6 Å². The summed E-state index contributed by atoms with van der Waals surface area (Å²) in [5.74, 6) is 0.951. The Morgan fingerprint density at radius 2 is 1.67 bits per heavy atom. The standard InChI is InChI=1S/C13H23NO/c1-14-10-6-2-3-9-12(14)13(15)11-7-4-5-8-11/h11-12H,2-10H2,1H3. The van der Waals surface area contributed by atoms with Crippen LogP contribution in [0, 0.1) is 5.92 Å². The van der Waals surface area contributed by atoms with Crippen LogP contribution in [0.4, 0.5) is 0 Å². The van der Waals surface area contributed by atoms with Crippen LogP contribution in [0.1, 0.15) is 51.4 Å². The summed E-state index contributed by atoms with van der Waals surface area (Å²) in [6.07, 6.45) is 9.77. The number of hydrogen-bond acceptors (Lipinski definition) is 2. The number of hydrogen-bond donors (Lipinski definition) is 0. The summed E-state index contributed by atoms with van der Waals surface area (Å²) < 4.78 is 0. The molecule has 2 fully saturated rings. The molecule has 1 saturated carbocycles. The predicted octanol–water partition coefficient (Wildman–Crippen LogP) is 2.62. The van der Waals surface area contributed by atoms with E-state index in [2.05, 4.69) is 11.9 Å². The fourth-order valence-corrected chi connectivity index (χ4v) is 3.09. The lowest BCUT2D eigenvalue weighted by atomic mass is 9.93. The van der Waals surface area contributed by atoms with Gasteiger partial charge in [-0.2, -0.15) is 0 Å². The molecule has 1 unspecified atom stereocenters. The third-order valence-electron chi connectivity index (χ3n) is 4.11. The van der Waals surface area contributed by atoms with Crippen LogP contribution in [0.3, 0.4) is 0 Å². The molecule has 86 valence electrons. The zero-order valence-corrected chi connectivity index (χ0v) is 9.87. The fourth-order valence-electron chi connectivity index (χ4n) is 3.09. The molecule has 1 heterocycles. The molecule has 0 aromatic heterocycles. The Labute approximate surface area is 93.0 Å². The van der Waals surface area contributed by atoms with Crippen LogP contribution in [0.25, 0.3) is 0 Å². The third kappa shape index (κ3) is 2.60. The number of carbonyl (C=O) groups excluding carboxylic acids is 1. The highest BCUT2D eigenvalue weighted by Gasteiger charge is 2.31. The number of nitrogens with zero attached hydrogens (tertiary/aromatic N) is 1. The molecular weight excluding hydrogens is 186 g/mol. The van der Waals surface area contributed by atoms with Crippen molar-refractivity contribution in [3.05, 3.63) is 0 Å². The molecule has 0 bridgehead atoms. The van der Waals surface area contributed by atoms with Crippen molar-refractivity contribution in [3.8, 4) is 0 Å². The number of Topliss-reactive ketones (excluding diaryl/α,β-unsaturated/α-hetero) is 1. The first-order valence-corrected chi connectivity index (χ1v) is 6.53. The first kappa shape index (κ1) is 11.1. The van der Waals surface area contributed by atoms with E-state index in [4.69, 9.17) is 0 Å². The highest BCUT2D eigenvalue weighted by molar-refractivity contribution is 5.86. The average molecular weight is 209 g/mol. The topological polar surface area (TPSA) is 20.3 Å². The second-order valence-corrected chi connectivity index (χ2v) is 5.23. The minimum atomic E-state index is 0.246. The first-order valence-electron chi connectivity index (χ1n) is 6.53. The van der Waals surface area contributed by atoms with Gasteiger partial charge in [-0.3, -0.25) is 9.69 Å². The zero-order valence-electron chi connectivity index (χ0n) is 9.87. The van der Waals surface area contributed by atoms with Gasteiger partial charge in [0, 0.05) is 5.92 Å². The first-order chi connectivity index (χ1) is 7.29. The van der Waals surface area contributed by atoms with E-state index in [0.717, 1.165) is 25.8 Å². The quantitative estimate of drug-likeness (QED) is 0.697. The molecule has 0 aromatic rings. The van der Waals surface area contributed by atoms with Crippen LogP contribution >= 0.6 is 0 Å². The molecule has 2 nitrogen and oxygen atoms in total. The molecule has 1 saturated heterocycles. The molecule has 1 atom stereocenters. The van der Waals surface area contributed by atoms with E-state index < -0.39 is 0 Å². The molecule has 2 rings (SSSR count). The minimum absolute atomic E-state index is 0.246. The summed E-state index contributed by atoms with van der Waals surface area (Å²) in [5.41, 5.74) is 0. The third-order valence-corrected chi connectivity index (χ3v) is 4.11. The normalized spacial score (nSPS) is 30.3. The van der Waals surface area contributed by atoms with Gasteiger partial charge in [0.25, 0.3) is 0 Å². The summed E-state index contributed by atoms with van der Waals surface area (Å²) >= 11 is 0. The molecule has 0 spiro atoms. The Hall–Kier alpha value is -0.370. The Morgan fingerprint density at radius 3 is 2.40 bits per heavy atom. The number of likely N-dealkylation sites (N-methyl/N-ethyl adjacent to an activating group) is 1. The van der Waals surface area contributed by atoms with Crippen LogP contribution in [0.2, 0.25) is 0 Å². The Balaban J connectivity index is 1.96. The molecule has 0 N–H and O–H groups in total. The van der Waals surface area contributed by atoms with Gasteiger partial charge < -0.3 is 0 Å². The van der Waals surface area contributed by atoms with Gasteiger partial charge in [0.05, 0.1) is 6.04 Å². The predicted molar refractivity (Wildman–Crippen MR) is 61.9 cm³/mol. The SMILES string of the molecule is CN1CCCCCC1C(=O)C1CCCC1. The van der Waals surface area contributed by atoms with Gasteiger partial charge in [-0.05, 0) is 39.3 Å². The second-order valence-electron chi connectivity index (χ2n) is 5.23. The Morgan fingerprint density at radius 1 is 1.00 bits per heavy atom. The number of likely N-dealkylation sites (tertiary alicyclic amines) is 1. The molecule has 15 heavy (non-hydrogen) atoms. The molecule has 0 amide bonds. The highest BCUT2D eigenvalue weighted by Crippen LogP contribution is 2.29. The van der Waals surface area contributed by atoms with E-state index in [0.29, 0.717) is 11.7 Å². The Kier molecular flexibility index (Phi) is 3.79. The van der Waals surface area contributed by atoms with E-state index in [1.165, 1.54) is 32.1 Å². The van der Waals surface area contributed by atoms with Gasteiger partial charge in [-0.15, -0.1) is 0 Å². The van der Waals surface area contributed by atoms with Crippen molar-refractivity contribution in [1.82, 2.24) is 4.90 Å². The molecule has 1 aliphatic heterocycles. The Bertz CT molecular complexity index is 221. The van der Waals surface area contributed by atoms with Crippen LogP contribution in [-0.2, 0) is 4.79 Å². The van der Waals surface area contributed by atoms with Crippen molar-refractivity contribution in [2.24, 2.45) is 5.92 Å². The lowest BCUT2D eigenvalue weighted by Gasteiger charge is -2.26. The smallest absolute Gasteiger partial charge is 0.153 e. The van der Waals surface area contributed by atoms with Crippen molar-refractivity contribution in [3.63, 3.8) is 0 Å². The van der Waals surface area contributed by atoms with Gasteiger partial charge in [0.1, 0.15) is 0 Å². The van der Waals surface area contributed by atoms with E-state index in [1.54, 1.807) is 0 Å². The van der Waals surface area contributed by atoms with Crippen molar-refractivity contribution in [2.45, 2.75) is 57.4 Å². The van der Waals surface area contributed by atoms with Crippen LogP contribution in [-0.4, -0.2) is 30.3 Å².